The number of nitriles is 1. The molecule has 0 aliphatic heterocycles. The Balaban J connectivity index is 1.57. The summed E-state index contributed by atoms with van der Waals surface area (Å²) in [5.41, 5.74) is 0.110. The van der Waals surface area contributed by atoms with Crippen LogP contribution in [-0.4, -0.2) is 63.7 Å². The lowest BCUT2D eigenvalue weighted by molar-refractivity contribution is 0.0816. The van der Waals surface area contributed by atoms with Crippen LogP contribution in [-0.2, 0) is 9.84 Å². The molecule has 1 saturated carbocycles. The van der Waals surface area contributed by atoms with Crippen molar-refractivity contribution in [2.75, 3.05) is 13.6 Å². The molecule has 36 heavy (non-hydrogen) atoms. The summed E-state index contributed by atoms with van der Waals surface area (Å²) in [6, 6.07) is 5.36. The Morgan fingerprint density at radius 3 is 2.75 bits per heavy atom. The monoisotopic (exact) mass is 547 g/mol. The number of rotatable bonds is 8. The standard InChI is InChI=1S/C22H22ClN7O4S2/c1-12(26-20(31)14-8-15(23)10-17(9-14)36(33,34)16-4-5-16)19-27-13(2)28-30(19)22-25-11-18(35-22)21(32)29(3)7-6-24/h8-12,16H,4-5,7H2,1-3H3,(H,26,31)/t12-/m0/s1. The summed E-state index contributed by atoms with van der Waals surface area (Å²) in [5.74, 6) is -0.0840. The van der Waals surface area contributed by atoms with E-state index in [1.54, 1.807) is 13.8 Å². The molecule has 1 N–H and O–H groups in total. The van der Waals surface area contributed by atoms with Gasteiger partial charge in [-0.15, -0.1) is 5.10 Å². The average Bonchev–Trinajstić information content (AvgIpc) is 3.46. The Kier molecular flexibility index (Phi) is 7.12. The van der Waals surface area contributed by atoms with E-state index in [0.717, 1.165) is 11.3 Å². The molecule has 0 unspecified atom stereocenters. The third-order valence-electron chi connectivity index (χ3n) is 5.44. The van der Waals surface area contributed by atoms with Gasteiger partial charge >= 0.3 is 0 Å². The first-order valence-corrected chi connectivity index (χ1v) is 13.6. The Morgan fingerprint density at radius 1 is 1.36 bits per heavy atom. The number of sulfone groups is 1. The molecule has 2 amide bonds. The number of nitrogens with zero attached hydrogens (tertiary/aromatic N) is 6. The van der Waals surface area contributed by atoms with Crippen LogP contribution in [0.15, 0.2) is 29.3 Å². The second kappa shape index (κ2) is 9.96. The van der Waals surface area contributed by atoms with Crippen molar-refractivity contribution in [3.8, 4) is 11.2 Å². The summed E-state index contributed by atoms with van der Waals surface area (Å²) >= 11 is 7.21. The van der Waals surface area contributed by atoms with E-state index in [1.165, 1.54) is 41.0 Å². The number of nitrogens with one attached hydrogen (secondary N) is 1. The van der Waals surface area contributed by atoms with Crippen molar-refractivity contribution < 1.29 is 18.0 Å². The molecule has 4 rings (SSSR count). The molecule has 0 radical (unpaired) electrons. The van der Waals surface area contributed by atoms with Crippen LogP contribution in [0.2, 0.25) is 5.02 Å². The third kappa shape index (κ3) is 5.25. The summed E-state index contributed by atoms with van der Waals surface area (Å²) in [7, 11) is -2.01. The van der Waals surface area contributed by atoms with Crippen molar-refractivity contribution in [2.45, 2.75) is 42.9 Å². The second-order valence-electron chi connectivity index (χ2n) is 8.37. The lowest BCUT2D eigenvalue weighted by Crippen LogP contribution is -2.29. The number of thiazole rings is 1. The van der Waals surface area contributed by atoms with Crippen molar-refractivity contribution in [1.82, 2.24) is 30.0 Å². The van der Waals surface area contributed by atoms with E-state index in [0.29, 0.717) is 34.5 Å². The number of aromatic nitrogens is 4. The van der Waals surface area contributed by atoms with Crippen molar-refractivity contribution in [2.24, 2.45) is 0 Å². The van der Waals surface area contributed by atoms with Crippen molar-refractivity contribution in [3.05, 3.63) is 51.5 Å². The third-order valence-corrected chi connectivity index (χ3v) is 8.86. The highest BCUT2D eigenvalue weighted by molar-refractivity contribution is 7.92. The predicted molar refractivity (Wildman–Crippen MR) is 132 cm³/mol. The van der Waals surface area contributed by atoms with Gasteiger partial charge in [0.2, 0.25) is 5.13 Å². The Hall–Kier alpha value is -3.34. The molecule has 2 aromatic heterocycles. The van der Waals surface area contributed by atoms with Crippen molar-refractivity contribution in [1.29, 1.82) is 5.26 Å². The first-order valence-electron chi connectivity index (χ1n) is 10.9. The van der Waals surface area contributed by atoms with E-state index in [2.05, 4.69) is 20.4 Å². The molecule has 3 aromatic rings. The fraction of sp³-hybridized carbons (Fsp3) is 0.364. The van der Waals surface area contributed by atoms with Gasteiger partial charge in [-0.25, -0.2) is 18.4 Å². The predicted octanol–water partition coefficient (Wildman–Crippen LogP) is 2.71. The van der Waals surface area contributed by atoms with Crippen molar-refractivity contribution >= 4 is 44.6 Å². The molecule has 0 saturated heterocycles. The minimum atomic E-state index is -3.53. The molecule has 0 bridgehead atoms. The summed E-state index contributed by atoms with van der Waals surface area (Å²) in [6.45, 7) is 3.32. The highest BCUT2D eigenvalue weighted by Crippen LogP contribution is 2.35. The second-order valence-corrected chi connectivity index (χ2v) is 12.0. The van der Waals surface area contributed by atoms with Crippen LogP contribution in [0.1, 0.15) is 57.5 Å². The van der Waals surface area contributed by atoms with Crippen LogP contribution in [0.25, 0.3) is 5.13 Å². The summed E-state index contributed by atoms with van der Waals surface area (Å²) in [6.07, 6.45) is 2.59. The van der Waals surface area contributed by atoms with Gasteiger partial charge in [0.1, 0.15) is 17.2 Å². The molecule has 11 nitrogen and oxygen atoms in total. The number of carbonyl (C=O) groups is 2. The maximum Gasteiger partial charge on any atom is 0.266 e. The molecule has 1 atom stereocenters. The normalized spacial score (nSPS) is 14.2. The fourth-order valence-electron chi connectivity index (χ4n) is 3.45. The van der Waals surface area contributed by atoms with Gasteiger partial charge in [0.05, 0.1) is 28.5 Å². The van der Waals surface area contributed by atoms with Crippen LogP contribution >= 0.6 is 22.9 Å². The quantitative estimate of drug-likeness (QED) is 0.423. The van der Waals surface area contributed by atoms with Crippen molar-refractivity contribution in [3.63, 3.8) is 0 Å². The van der Waals surface area contributed by atoms with E-state index in [9.17, 15) is 18.0 Å². The van der Waals surface area contributed by atoms with E-state index >= 15 is 0 Å². The van der Waals surface area contributed by atoms with E-state index in [1.807, 2.05) is 6.07 Å². The van der Waals surface area contributed by atoms with Crippen LogP contribution in [0.3, 0.4) is 0 Å². The summed E-state index contributed by atoms with van der Waals surface area (Å²) < 4.78 is 26.7. The topological polar surface area (TPSA) is 151 Å². The number of amides is 2. The Bertz CT molecular complexity index is 1490. The van der Waals surface area contributed by atoms with E-state index < -0.39 is 27.0 Å². The molecule has 1 fully saturated rings. The number of hydrogen-bond acceptors (Lipinski definition) is 9. The van der Waals surface area contributed by atoms with Gasteiger partial charge in [-0.2, -0.15) is 9.94 Å². The average molecular weight is 548 g/mol. The zero-order valence-electron chi connectivity index (χ0n) is 19.6. The zero-order chi connectivity index (χ0) is 26.2. The van der Waals surface area contributed by atoms with Gasteiger partial charge in [-0.1, -0.05) is 22.9 Å². The van der Waals surface area contributed by atoms with Gasteiger partial charge in [0.15, 0.2) is 15.7 Å². The molecule has 188 valence electrons. The maximum absolute atomic E-state index is 13.0. The molecule has 2 heterocycles. The molecule has 1 aliphatic carbocycles. The van der Waals surface area contributed by atoms with Gasteiger partial charge in [0, 0.05) is 17.6 Å². The maximum atomic E-state index is 13.0. The van der Waals surface area contributed by atoms with Gasteiger partial charge in [-0.05, 0) is 44.9 Å². The number of aryl methyl sites for hydroxylation is 1. The molecular weight excluding hydrogens is 526 g/mol. The van der Waals surface area contributed by atoms with Crippen LogP contribution in [0.5, 0.6) is 0 Å². The van der Waals surface area contributed by atoms with Crippen LogP contribution in [0.4, 0.5) is 0 Å². The number of carbonyl (C=O) groups excluding carboxylic acids is 2. The Morgan fingerprint density at radius 2 is 2.08 bits per heavy atom. The molecular formula is C22H22ClN7O4S2. The number of hydrogen-bond donors (Lipinski definition) is 1. The zero-order valence-corrected chi connectivity index (χ0v) is 22.0. The number of benzene rings is 1. The van der Waals surface area contributed by atoms with Gasteiger partial charge in [0.25, 0.3) is 11.8 Å². The minimum absolute atomic E-state index is 0.0238. The largest absolute Gasteiger partial charge is 0.342 e. The molecule has 14 heteroatoms. The van der Waals surface area contributed by atoms with E-state index in [4.69, 9.17) is 16.9 Å². The summed E-state index contributed by atoms with van der Waals surface area (Å²) in [4.78, 5) is 35.8. The lowest BCUT2D eigenvalue weighted by Gasteiger charge is -2.14. The SMILES string of the molecule is Cc1nc([C@H](C)NC(=O)c2cc(Cl)cc(S(=O)(=O)C3CC3)c2)n(-c2ncc(C(=O)N(C)CC#N)s2)n1. The first-order chi connectivity index (χ1) is 17.0. The van der Waals surface area contributed by atoms with Gasteiger partial charge in [-0.3, -0.25) is 9.59 Å². The lowest BCUT2D eigenvalue weighted by atomic mass is 10.2. The van der Waals surface area contributed by atoms with Gasteiger partial charge < -0.3 is 10.2 Å². The Labute approximate surface area is 216 Å². The highest BCUT2D eigenvalue weighted by atomic mass is 35.5. The minimum Gasteiger partial charge on any atom is -0.342 e. The van der Waals surface area contributed by atoms with Crippen LogP contribution < -0.4 is 5.32 Å². The highest BCUT2D eigenvalue weighted by Gasteiger charge is 2.37. The molecule has 1 aliphatic rings. The van der Waals surface area contributed by atoms with E-state index in [-0.39, 0.29) is 27.9 Å². The number of halogens is 1. The molecule has 0 spiro atoms. The smallest absolute Gasteiger partial charge is 0.266 e. The first kappa shape index (κ1) is 25.7. The summed E-state index contributed by atoms with van der Waals surface area (Å²) in [5, 5.41) is 16.0. The molecule has 1 aromatic carbocycles. The fourth-order valence-corrected chi connectivity index (χ4v) is 6.35. The van der Waals surface area contributed by atoms with Crippen LogP contribution in [0, 0.1) is 18.3 Å².